The van der Waals surface area contributed by atoms with E-state index in [0.29, 0.717) is 17.9 Å². The number of nitrogens with zero attached hydrogens (tertiary/aromatic N) is 1. The van der Waals surface area contributed by atoms with Gasteiger partial charge in [-0.15, -0.1) is 0 Å². The maximum Gasteiger partial charge on any atom is 0.137 e. The summed E-state index contributed by atoms with van der Waals surface area (Å²) in [5.74, 6) is 0.642. The quantitative estimate of drug-likeness (QED) is 0.741. The minimum absolute atomic E-state index is 0.0550. The van der Waals surface area contributed by atoms with Gasteiger partial charge in [-0.2, -0.15) is 5.26 Å². The third-order valence-electron chi connectivity index (χ3n) is 2.06. The molecule has 0 aliphatic carbocycles. The van der Waals surface area contributed by atoms with Crippen LogP contribution < -0.4 is 4.74 Å². The second-order valence-electron chi connectivity index (χ2n) is 3.32. The van der Waals surface area contributed by atoms with Crippen LogP contribution in [0.25, 0.3) is 0 Å². The molecule has 0 bridgehead atoms. The molecule has 1 aromatic rings. The molecule has 1 rings (SSSR count). The number of hydrogen-bond acceptors (Lipinski definition) is 3. The third-order valence-corrected chi connectivity index (χ3v) is 2.06. The highest BCUT2D eigenvalue weighted by Gasteiger charge is 2.07. The van der Waals surface area contributed by atoms with Gasteiger partial charge in [0.2, 0.25) is 0 Å². The Balaban J connectivity index is 2.60. The molecule has 0 amide bonds. The Hall–Kier alpha value is -1.53. The first kappa shape index (κ1) is 11.5. The average molecular weight is 205 g/mol. The fraction of sp³-hybridized carbons (Fsp3) is 0.417. The van der Waals surface area contributed by atoms with Crippen molar-refractivity contribution in [3.63, 3.8) is 0 Å². The van der Waals surface area contributed by atoms with E-state index in [1.165, 1.54) is 0 Å². The molecule has 1 atom stereocenters. The number of rotatable bonds is 5. The van der Waals surface area contributed by atoms with Crippen molar-refractivity contribution in [1.82, 2.24) is 0 Å². The zero-order valence-corrected chi connectivity index (χ0v) is 9.06. The average Bonchev–Trinajstić information content (AvgIpc) is 2.27. The molecular formula is C12H15NO2. The van der Waals surface area contributed by atoms with Crippen molar-refractivity contribution in [2.75, 3.05) is 13.7 Å². The van der Waals surface area contributed by atoms with E-state index in [4.69, 9.17) is 14.7 Å². The van der Waals surface area contributed by atoms with E-state index in [1.54, 1.807) is 13.2 Å². The number of benzene rings is 1. The molecule has 1 unspecified atom stereocenters. The standard InChI is InChI=1S/C12H15NO2/c1-10(7-8-14-2)15-12-6-4-3-5-11(12)9-13/h3-6,10H,7-8H2,1-2H3. The summed E-state index contributed by atoms with van der Waals surface area (Å²) in [5.41, 5.74) is 0.571. The lowest BCUT2D eigenvalue weighted by Crippen LogP contribution is -2.14. The zero-order valence-electron chi connectivity index (χ0n) is 9.06. The predicted molar refractivity (Wildman–Crippen MR) is 57.7 cm³/mol. The van der Waals surface area contributed by atoms with Gasteiger partial charge in [-0.3, -0.25) is 0 Å². The van der Waals surface area contributed by atoms with Gasteiger partial charge in [-0.1, -0.05) is 12.1 Å². The van der Waals surface area contributed by atoms with Crippen LogP contribution in [-0.2, 0) is 4.74 Å². The van der Waals surface area contributed by atoms with Gasteiger partial charge in [0.15, 0.2) is 0 Å². The van der Waals surface area contributed by atoms with Crippen LogP contribution in [0.4, 0.5) is 0 Å². The highest BCUT2D eigenvalue weighted by Crippen LogP contribution is 2.18. The molecule has 0 aliphatic heterocycles. The summed E-state index contributed by atoms with van der Waals surface area (Å²) in [6, 6.07) is 9.34. The smallest absolute Gasteiger partial charge is 0.137 e. The molecule has 0 aliphatic rings. The summed E-state index contributed by atoms with van der Waals surface area (Å²) in [5, 5.41) is 8.85. The van der Waals surface area contributed by atoms with E-state index in [2.05, 4.69) is 6.07 Å². The Morgan fingerprint density at radius 1 is 1.40 bits per heavy atom. The van der Waals surface area contributed by atoms with Crippen molar-refractivity contribution in [2.45, 2.75) is 19.4 Å². The number of ether oxygens (including phenoxy) is 2. The van der Waals surface area contributed by atoms with Gasteiger partial charge in [0.05, 0.1) is 11.7 Å². The SMILES string of the molecule is COCCC(C)Oc1ccccc1C#N. The Kier molecular flexibility index (Phi) is 4.65. The molecule has 15 heavy (non-hydrogen) atoms. The van der Waals surface area contributed by atoms with Crippen molar-refractivity contribution in [2.24, 2.45) is 0 Å². The summed E-state index contributed by atoms with van der Waals surface area (Å²) in [7, 11) is 1.66. The van der Waals surface area contributed by atoms with Gasteiger partial charge in [-0.05, 0) is 19.1 Å². The van der Waals surface area contributed by atoms with Crippen molar-refractivity contribution in [3.05, 3.63) is 29.8 Å². The fourth-order valence-electron chi connectivity index (χ4n) is 1.22. The molecular weight excluding hydrogens is 190 g/mol. The highest BCUT2D eigenvalue weighted by molar-refractivity contribution is 5.42. The molecule has 0 fully saturated rings. The van der Waals surface area contributed by atoms with Gasteiger partial charge in [0, 0.05) is 20.1 Å². The van der Waals surface area contributed by atoms with Crippen LogP contribution in [0.5, 0.6) is 5.75 Å². The molecule has 3 nitrogen and oxygen atoms in total. The van der Waals surface area contributed by atoms with Gasteiger partial charge < -0.3 is 9.47 Å². The molecule has 1 aromatic carbocycles. The molecule has 80 valence electrons. The fourth-order valence-corrected chi connectivity index (χ4v) is 1.22. The van der Waals surface area contributed by atoms with E-state index >= 15 is 0 Å². The maximum atomic E-state index is 8.85. The molecule has 0 saturated heterocycles. The molecule has 0 spiro atoms. The Morgan fingerprint density at radius 2 is 2.13 bits per heavy atom. The van der Waals surface area contributed by atoms with Gasteiger partial charge in [0.25, 0.3) is 0 Å². The topological polar surface area (TPSA) is 42.2 Å². The number of nitriles is 1. The second kappa shape index (κ2) is 6.05. The van der Waals surface area contributed by atoms with Crippen LogP contribution in [0.3, 0.4) is 0 Å². The van der Waals surface area contributed by atoms with Crippen molar-refractivity contribution in [1.29, 1.82) is 5.26 Å². The lowest BCUT2D eigenvalue weighted by atomic mass is 10.2. The van der Waals surface area contributed by atoms with Crippen LogP contribution >= 0.6 is 0 Å². The summed E-state index contributed by atoms with van der Waals surface area (Å²) in [6.45, 7) is 2.63. The summed E-state index contributed by atoms with van der Waals surface area (Å²) in [6.07, 6.45) is 0.871. The van der Waals surface area contributed by atoms with Crippen LogP contribution in [0.1, 0.15) is 18.9 Å². The monoisotopic (exact) mass is 205 g/mol. The van der Waals surface area contributed by atoms with E-state index < -0.39 is 0 Å². The predicted octanol–water partition coefficient (Wildman–Crippen LogP) is 2.36. The normalized spacial score (nSPS) is 11.8. The number of methoxy groups -OCH3 is 1. The molecule has 0 saturated carbocycles. The van der Waals surface area contributed by atoms with Crippen LogP contribution in [0, 0.1) is 11.3 Å². The molecule has 0 heterocycles. The second-order valence-corrected chi connectivity index (χ2v) is 3.32. The Labute approximate surface area is 90.2 Å². The largest absolute Gasteiger partial charge is 0.489 e. The van der Waals surface area contributed by atoms with Crippen molar-refractivity contribution < 1.29 is 9.47 Å². The molecule has 0 N–H and O–H groups in total. The summed E-state index contributed by atoms with van der Waals surface area (Å²) < 4.78 is 10.6. The minimum atomic E-state index is 0.0550. The van der Waals surface area contributed by atoms with Gasteiger partial charge >= 0.3 is 0 Å². The first-order chi connectivity index (χ1) is 7.27. The molecule has 3 heteroatoms. The Bertz CT molecular complexity index is 344. The van der Waals surface area contributed by atoms with Crippen molar-refractivity contribution in [3.8, 4) is 11.8 Å². The van der Waals surface area contributed by atoms with Crippen LogP contribution in [-0.4, -0.2) is 19.8 Å². The van der Waals surface area contributed by atoms with E-state index in [1.807, 2.05) is 25.1 Å². The van der Waals surface area contributed by atoms with Gasteiger partial charge in [0.1, 0.15) is 11.8 Å². The third kappa shape index (κ3) is 3.61. The lowest BCUT2D eigenvalue weighted by Gasteiger charge is -2.14. The highest BCUT2D eigenvalue weighted by atomic mass is 16.5. The van der Waals surface area contributed by atoms with Crippen LogP contribution in [0.15, 0.2) is 24.3 Å². The summed E-state index contributed by atoms with van der Waals surface area (Å²) in [4.78, 5) is 0. The number of hydrogen-bond donors (Lipinski definition) is 0. The van der Waals surface area contributed by atoms with E-state index in [-0.39, 0.29) is 6.10 Å². The molecule has 0 radical (unpaired) electrons. The minimum Gasteiger partial charge on any atom is -0.489 e. The number of para-hydroxylation sites is 1. The molecule has 0 aromatic heterocycles. The van der Waals surface area contributed by atoms with Crippen molar-refractivity contribution >= 4 is 0 Å². The van der Waals surface area contributed by atoms with Crippen LogP contribution in [0.2, 0.25) is 0 Å². The first-order valence-electron chi connectivity index (χ1n) is 4.92. The Morgan fingerprint density at radius 3 is 2.80 bits per heavy atom. The summed E-state index contributed by atoms with van der Waals surface area (Å²) >= 11 is 0. The first-order valence-corrected chi connectivity index (χ1v) is 4.92. The van der Waals surface area contributed by atoms with E-state index in [0.717, 1.165) is 6.42 Å². The van der Waals surface area contributed by atoms with E-state index in [9.17, 15) is 0 Å². The maximum absolute atomic E-state index is 8.85. The lowest BCUT2D eigenvalue weighted by molar-refractivity contribution is 0.135. The zero-order chi connectivity index (χ0) is 11.1. The van der Waals surface area contributed by atoms with Gasteiger partial charge in [-0.25, -0.2) is 0 Å².